The van der Waals surface area contributed by atoms with Gasteiger partial charge in [0.1, 0.15) is 48.8 Å². The molecule has 2 fully saturated rings. The molecule has 0 radical (unpaired) electrons. The van der Waals surface area contributed by atoms with Gasteiger partial charge in [-0.15, -0.1) is 0 Å². The zero-order chi connectivity index (χ0) is 43.3. The van der Waals surface area contributed by atoms with Crippen LogP contribution in [-0.2, 0) is 23.7 Å². The van der Waals surface area contributed by atoms with Gasteiger partial charge in [-0.2, -0.15) is 0 Å². The van der Waals surface area contributed by atoms with Gasteiger partial charge in [0, 0.05) is 6.42 Å². The third kappa shape index (κ3) is 20.9. The molecule has 0 bridgehead atoms. The van der Waals surface area contributed by atoms with Crippen LogP contribution in [0, 0.1) is 0 Å². The fourth-order valence-corrected chi connectivity index (χ4v) is 6.83. The highest BCUT2D eigenvalue weighted by atomic mass is 16.7. The highest BCUT2D eigenvalue weighted by Gasteiger charge is 2.50. The minimum absolute atomic E-state index is 0.250. The maximum Gasteiger partial charge on any atom is 0.220 e. The van der Waals surface area contributed by atoms with Crippen LogP contribution in [0.25, 0.3) is 0 Å². The molecule has 0 aromatic heterocycles. The van der Waals surface area contributed by atoms with Crippen LogP contribution in [-0.4, -0.2) is 140 Å². The van der Waals surface area contributed by atoms with Crippen molar-refractivity contribution < 1.29 is 64.6 Å². The van der Waals surface area contributed by atoms with E-state index < -0.39 is 86.8 Å². The van der Waals surface area contributed by atoms with Crippen molar-refractivity contribution in [3.63, 3.8) is 0 Å². The molecule has 2 rings (SSSR count). The third-order valence-electron chi connectivity index (χ3n) is 10.5. The number of nitrogens with one attached hydrogen (secondary N) is 1. The maximum absolute atomic E-state index is 13.1. The van der Waals surface area contributed by atoms with Crippen LogP contribution in [0.15, 0.2) is 60.8 Å². The van der Waals surface area contributed by atoms with E-state index in [4.69, 9.17) is 18.9 Å². The van der Waals surface area contributed by atoms with E-state index in [0.717, 1.165) is 64.2 Å². The monoisotopic (exact) mass is 840 g/mol. The lowest BCUT2D eigenvalue weighted by molar-refractivity contribution is -0.359. The van der Waals surface area contributed by atoms with Crippen molar-refractivity contribution in [1.29, 1.82) is 0 Å². The number of hydrogen-bond donors (Lipinski definition) is 9. The lowest BCUT2D eigenvalue weighted by Gasteiger charge is -2.46. The second kappa shape index (κ2) is 32.4. The van der Waals surface area contributed by atoms with Gasteiger partial charge in [-0.1, -0.05) is 106 Å². The molecular formula is C45H77NO13. The first-order valence-corrected chi connectivity index (χ1v) is 22.0. The average molecular weight is 840 g/mol. The van der Waals surface area contributed by atoms with Crippen LogP contribution in [0.2, 0.25) is 0 Å². The summed E-state index contributed by atoms with van der Waals surface area (Å²) in [7, 11) is 0. The smallest absolute Gasteiger partial charge is 0.220 e. The third-order valence-corrected chi connectivity index (χ3v) is 10.5. The van der Waals surface area contributed by atoms with Gasteiger partial charge < -0.3 is 65.1 Å². The SMILES string of the molecule is C/C=C/CC/C=C/CC/C=C/C(O)C(COC1OC(CO)C(OC2OC(CO)C(O)C(O)C2O)C(O)C1O)NC(=O)CCCCCCC/C=C\C/C=C\CCCCCC. The van der Waals surface area contributed by atoms with Crippen LogP contribution >= 0.6 is 0 Å². The lowest BCUT2D eigenvalue weighted by atomic mass is 9.97. The zero-order valence-electron chi connectivity index (χ0n) is 35.5. The van der Waals surface area contributed by atoms with Gasteiger partial charge in [0.2, 0.25) is 5.91 Å². The molecule has 12 unspecified atom stereocenters. The molecule has 2 aliphatic rings. The summed E-state index contributed by atoms with van der Waals surface area (Å²) in [5, 5.41) is 86.2. The molecule has 9 N–H and O–H groups in total. The van der Waals surface area contributed by atoms with Crippen molar-refractivity contribution in [3.8, 4) is 0 Å². The fourth-order valence-electron chi connectivity index (χ4n) is 6.83. The number of aliphatic hydroxyl groups is 8. The van der Waals surface area contributed by atoms with Crippen LogP contribution in [0.5, 0.6) is 0 Å². The fraction of sp³-hybridized carbons (Fsp3) is 0.756. The quantitative estimate of drug-likeness (QED) is 0.0357. The van der Waals surface area contributed by atoms with Gasteiger partial charge >= 0.3 is 0 Å². The Morgan fingerprint density at radius 3 is 1.85 bits per heavy atom. The molecular weight excluding hydrogens is 762 g/mol. The van der Waals surface area contributed by atoms with E-state index >= 15 is 0 Å². The minimum Gasteiger partial charge on any atom is -0.394 e. The molecule has 0 aromatic carbocycles. The number of aliphatic hydroxyl groups excluding tert-OH is 8. The topological polar surface area (TPSA) is 228 Å². The molecule has 1 amide bonds. The molecule has 12 atom stereocenters. The van der Waals surface area contributed by atoms with Crippen molar-refractivity contribution in [1.82, 2.24) is 5.32 Å². The van der Waals surface area contributed by atoms with Crippen LogP contribution in [0.4, 0.5) is 0 Å². The number of ether oxygens (including phenoxy) is 4. The Labute approximate surface area is 352 Å². The summed E-state index contributed by atoms with van der Waals surface area (Å²) in [6, 6.07) is -0.943. The van der Waals surface area contributed by atoms with Gasteiger partial charge in [0.15, 0.2) is 12.6 Å². The summed E-state index contributed by atoms with van der Waals surface area (Å²) in [6.45, 7) is 2.45. The first kappa shape index (κ1) is 52.8. The maximum atomic E-state index is 13.1. The lowest BCUT2D eigenvalue weighted by Crippen LogP contribution is -2.65. The highest BCUT2D eigenvalue weighted by Crippen LogP contribution is 2.29. The van der Waals surface area contributed by atoms with Crippen LogP contribution in [0.1, 0.15) is 123 Å². The average Bonchev–Trinajstić information content (AvgIpc) is 3.23. The Kier molecular flexibility index (Phi) is 29.0. The summed E-state index contributed by atoms with van der Waals surface area (Å²) in [4.78, 5) is 13.1. The predicted molar refractivity (Wildman–Crippen MR) is 226 cm³/mol. The first-order chi connectivity index (χ1) is 28.6. The van der Waals surface area contributed by atoms with E-state index in [2.05, 4.69) is 54.8 Å². The largest absolute Gasteiger partial charge is 0.394 e. The van der Waals surface area contributed by atoms with Gasteiger partial charge in [-0.3, -0.25) is 4.79 Å². The van der Waals surface area contributed by atoms with E-state index in [1.54, 1.807) is 6.08 Å². The van der Waals surface area contributed by atoms with Gasteiger partial charge in [-0.05, 0) is 71.1 Å². The molecule has 340 valence electrons. The number of carbonyl (C=O) groups is 1. The number of unbranched alkanes of at least 4 members (excludes halogenated alkanes) is 11. The van der Waals surface area contributed by atoms with Gasteiger partial charge in [0.25, 0.3) is 0 Å². The molecule has 2 saturated heterocycles. The van der Waals surface area contributed by atoms with Crippen LogP contribution < -0.4 is 5.32 Å². The standard InChI is InChI=1S/C45H77NO13/c1-3-5-7-9-11-13-14-15-16-17-18-19-21-23-25-27-29-37(50)46-33(34(49)28-26-24-22-20-12-10-8-6-4-2)32-56-44-42(55)40(53)43(36(31-48)58-44)59-45-41(54)39(52)38(51)35(30-47)57-45/h4,6,12-14,16-17,20,26,28,33-36,38-45,47-49,51-55H,3,5,7-11,15,18-19,21-25,27,29-32H2,1-2H3,(H,46,50)/b6-4+,14-13-,17-16-,20-12+,28-26+. The van der Waals surface area contributed by atoms with Crippen molar-refractivity contribution >= 4 is 5.91 Å². The Morgan fingerprint density at radius 1 is 0.644 bits per heavy atom. The summed E-state index contributed by atoms with van der Waals surface area (Å²) >= 11 is 0. The number of allylic oxidation sites excluding steroid dienone is 9. The van der Waals surface area contributed by atoms with Crippen molar-refractivity contribution in [2.75, 3.05) is 19.8 Å². The normalized spacial score (nSPS) is 29.1. The zero-order valence-corrected chi connectivity index (χ0v) is 35.5. The molecule has 2 aliphatic heterocycles. The van der Waals surface area contributed by atoms with Crippen molar-refractivity contribution in [2.24, 2.45) is 0 Å². The Morgan fingerprint density at radius 2 is 1.20 bits per heavy atom. The number of rotatable bonds is 31. The highest BCUT2D eigenvalue weighted by molar-refractivity contribution is 5.76. The summed E-state index contributed by atoms with van der Waals surface area (Å²) in [5.74, 6) is -0.275. The molecule has 59 heavy (non-hydrogen) atoms. The molecule has 14 heteroatoms. The second-order valence-corrected chi connectivity index (χ2v) is 15.5. The van der Waals surface area contributed by atoms with E-state index in [-0.39, 0.29) is 18.9 Å². The first-order valence-electron chi connectivity index (χ1n) is 22.0. The summed E-state index contributed by atoms with van der Waals surface area (Å²) in [5.41, 5.74) is 0. The Bertz CT molecular complexity index is 1220. The second-order valence-electron chi connectivity index (χ2n) is 15.5. The molecule has 2 heterocycles. The Balaban J connectivity index is 1.90. The Hall–Kier alpha value is -2.31. The number of hydrogen-bond acceptors (Lipinski definition) is 13. The van der Waals surface area contributed by atoms with Crippen molar-refractivity contribution in [3.05, 3.63) is 60.8 Å². The predicted octanol–water partition coefficient (Wildman–Crippen LogP) is 3.93. The van der Waals surface area contributed by atoms with Gasteiger partial charge in [-0.25, -0.2) is 0 Å². The number of amides is 1. The van der Waals surface area contributed by atoms with E-state index in [0.29, 0.717) is 12.8 Å². The van der Waals surface area contributed by atoms with E-state index in [1.165, 1.54) is 25.7 Å². The summed E-state index contributed by atoms with van der Waals surface area (Å²) in [6.07, 6.45) is 20.2. The molecule has 0 spiro atoms. The molecule has 14 nitrogen and oxygen atoms in total. The van der Waals surface area contributed by atoms with Crippen molar-refractivity contribution in [2.45, 2.75) is 197 Å². The molecule has 0 aromatic rings. The van der Waals surface area contributed by atoms with Gasteiger partial charge in [0.05, 0.1) is 32.0 Å². The van der Waals surface area contributed by atoms with E-state index in [1.807, 2.05) is 19.1 Å². The minimum atomic E-state index is -1.79. The molecule has 0 aliphatic carbocycles. The van der Waals surface area contributed by atoms with Crippen LogP contribution in [0.3, 0.4) is 0 Å². The summed E-state index contributed by atoms with van der Waals surface area (Å²) < 4.78 is 22.5. The molecule has 0 saturated carbocycles. The number of carbonyl (C=O) groups excluding carboxylic acids is 1. The van der Waals surface area contributed by atoms with E-state index in [9.17, 15) is 45.6 Å².